The predicted molar refractivity (Wildman–Crippen MR) is 91.6 cm³/mol. The van der Waals surface area contributed by atoms with Gasteiger partial charge in [0.05, 0.1) is 12.6 Å². The number of amides is 2. The molecule has 0 aromatic carbocycles. The highest BCUT2D eigenvalue weighted by atomic mass is 32.1. The zero-order chi connectivity index (χ0) is 16.2. The molecule has 1 N–H and O–H groups in total. The van der Waals surface area contributed by atoms with Crippen LogP contribution >= 0.6 is 22.7 Å². The molecule has 0 radical (unpaired) electrons. The number of hydrogen-bond donors (Lipinski definition) is 1. The maximum Gasteiger partial charge on any atom is 0.240 e. The number of nitrogens with one attached hydrogen (secondary N) is 1. The van der Waals surface area contributed by atoms with Crippen LogP contribution in [0.2, 0.25) is 0 Å². The Balaban J connectivity index is 1.67. The minimum atomic E-state index is -0.145. The summed E-state index contributed by atoms with van der Waals surface area (Å²) in [5.74, 6) is -0.0482. The van der Waals surface area contributed by atoms with Gasteiger partial charge < -0.3 is 10.2 Å². The van der Waals surface area contributed by atoms with E-state index in [9.17, 15) is 9.59 Å². The number of carbonyl (C=O) groups excluding carboxylic acids is 2. The summed E-state index contributed by atoms with van der Waals surface area (Å²) in [6.45, 7) is 2.77. The minimum absolute atomic E-state index is 0.0691. The molecule has 1 fully saturated rings. The lowest BCUT2D eigenvalue weighted by atomic mass is 10.1. The molecule has 3 heterocycles. The van der Waals surface area contributed by atoms with Crippen molar-refractivity contribution in [2.75, 3.05) is 13.1 Å². The summed E-state index contributed by atoms with van der Waals surface area (Å²) in [4.78, 5) is 30.1. The molecule has 7 heteroatoms. The number of nitrogens with zero attached hydrogens (tertiary/aromatic N) is 2. The first-order chi connectivity index (χ1) is 11.1. The first kappa shape index (κ1) is 16.1. The molecule has 2 aromatic heterocycles. The van der Waals surface area contributed by atoms with E-state index in [1.165, 1.54) is 5.56 Å². The first-order valence-corrected chi connectivity index (χ1v) is 9.44. The molecule has 0 spiro atoms. The predicted octanol–water partition coefficient (Wildman–Crippen LogP) is 2.54. The molecule has 5 nitrogen and oxygen atoms in total. The number of hydrogen-bond acceptors (Lipinski definition) is 5. The number of thiophene rings is 1. The Bertz CT molecular complexity index is 681. The Kier molecular flexibility index (Phi) is 5.07. The molecule has 23 heavy (non-hydrogen) atoms. The molecule has 122 valence electrons. The fraction of sp³-hybridized carbons (Fsp3) is 0.438. The topological polar surface area (TPSA) is 62.3 Å². The van der Waals surface area contributed by atoms with Crippen molar-refractivity contribution in [3.05, 3.63) is 38.5 Å². The molecule has 2 aromatic rings. The zero-order valence-corrected chi connectivity index (χ0v) is 14.6. The molecule has 1 saturated heterocycles. The number of aryl methyl sites for hydroxylation is 1. The number of likely N-dealkylation sites (tertiary alicyclic amines) is 1. The zero-order valence-electron chi connectivity index (χ0n) is 12.9. The van der Waals surface area contributed by atoms with Crippen LogP contribution < -0.4 is 5.32 Å². The Morgan fingerprint density at radius 1 is 1.48 bits per heavy atom. The molecular weight excluding hydrogens is 330 g/mol. The van der Waals surface area contributed by atoms with Crippen molar-refractivity contribution in [3.8, 4) is 0 Å². The van der Waals surface area contributed by atoms with Crippen molar-refractivity contribution in [1.29, 1.82) is 0 Å². The van der Waals surface area contributed by atoms with E-state index in [1.807, 2.05) is 17.7 Å². The Morgan fingerprint density at radius 3 is 2.96 bits per heavy atom. The fourth-order valence-electron chi connectivity index (χ4n) is 2.66. The minimum Gasteiger partial charge on any atom is -0.345 e. The average Bonchev–Trinajstić information content (AvgIpc) is 3.23. The molecule has 2 amide bonds. The van der Waals surface area contributed by atoms with Gasteiger partial charge in [0.1, 0.15) is 5.01 Å². The number of thiazole rings is 1. The maximum atomic E-state index is 12.3. The van der Waals surface area contributed by atoms with E-state index in [0.29, 0.717) is 13.0 Å². The molecule has 1 aliphatic rings. The molecular formula is C16H19N3O2S2. The normalized spacial score (nSPS) is 15.9. The second-order valence-corrected chi connectivity index (χ2v) is 7.37. The Labute approximate surface area is 143 Å². The quantitative estimate of drug-likeness (QED) is 0.872. The van der Waals surface area contributed by atoms with Crippen molar-refractivity contribution in [2.24, 2.45) is 0 Å². The standard InChI is InChI=1S/C16H19N3O2S2/c1-11-9-23-16(17-11)13(7-12-4-6-22-10-12)18-14(20)8-19-5-2-3-15(19)21/h4,6,9-10,13H,2-3,5,7-8H2,1H3,(H,18,20)/t13-/m1/s1. The van der Waals surface area contributed by atoms with Gasteiger partial charge in [0.2, 0.25) is 11.8 Å². The third-order valence-corrected chi connectivity index (χ3v) is 5.60. The molecule has 0 saturated carbocycles. The lowest BCUT2D eigenvalue weighted by Crippen LogP contribution is -2.39. The third-order valence-electron chi connectivity index (χ3n) is 3.80. The van der Waals surface area contributed by atoms with Gasteiger partial charge in [-0.1, -0.05) is 0 Å². The Morgan fingerprint density at radius 2 is 2.35 bits per heavy atom. The van der Waals surface area contributed by atoms with Crippen LogP contribution in [0.3, 0.4) is 0 Å². The smallest absolute Gasteiger partial charge is 0.240 e. The lowest BCUT2D eigenvalue weighted by molar-refractivity contribution is -0.133. The van der Waals surface area contributed by atoms with Crippen LogP contribution in [0, 0.1) is 6.92 Å². The van der Waals surface area contributed by atoms with Crippen molar-refractivity contribution in [1.82, 2.24) is 15.2 Å². The number of aromatic nitrogens is 1. The second-order valence-electron chi connectivity index (χ2n) is 5.70. The van der Waals surface area contributed by atoms with E-state index in [-0.39, 0.29) is 24.4 Å². The van der Waals surface area contributed by atoms with E-state index >= 15 is 0 Å². The van der Waals surface area contributed by atoms with Gasteiger partial charge in [-0.2, -0.15) is 11.3 Å². The summed E-state index contributed by atoms with van der Waals surface area (Å²) in [6, 6.07) is 1.92. The number of rotatable bonds is 6. The molecule has 1 aliphatic heterocycles. The van der Waals surface area contributed by atoms with Crippen molar-refractivity contribution < 1.29 is 9.59 Å². The first-order valence-electron chi connectivity index (χ1n) is 7.62. The van der Waals surface area contributed by atoms with E-state index in [2.05, 4.69) is 21.7 Å². The second kappa shape index (κ2) is 7.23. The molecule has 3 rings (SSSR count). The third kappa shape index (κ3) is 4.17. The van der Waals surface area contributed by atoms with Gasteiger partial charge in [0, 0.05) is 30.5 Å². The van der Waals surface area contributed by atoms with Gasteiger partial charge in [0.25, 0.3) is 0 Å². The fourth-order valence-corrected chi connectivity index (χ4v) is 4.19. The summed E-state index contributed by atoms with van der Waals surface area (Å²) in [6.07, 6.45) is 2.11. The summed E-state index contributed by atoms with van der Waals surface area (Å²) in [5.41, 5.74) is 2.15. The largest absolute Gasteiger partial charge is 0.345 e. The SMILES string of the molecule is Cc1csc([C@@H](Cc2ccsc2)NC(=O)CN2CCCC2=O)n1. The number of carbonyl (C=O) groups is 2. The van der Waals surface area contributed by atoms with Crippen LogP contribution in [0.5, 0.6) is 0 Å². The van der Waals surface area contributed by atoms with Crippen LogP contribution in [-0.4, -0.2) is 34.8 Å². The highest BCUT2D eigenvalue weighted by Gasteiger charge is 2.24. The van der Waals surface area contributed by atoms with Gasteiger partial charge in [-0.3, -0.25) is 9.59 Å². The van der Waals surface area contributed by atoms with E-state index < -0.39 is 0 Å². The van der Waals surface area contributed by atoms with E-state index in [4.69, 9.17) is 0 Å². The maximum absolute atomic E-state index is 12.3. The van der Waals surface area contributed by atoms with Gasteiger partial charge in [-0.05, 0) is 35.7 Å². The van der Waals surface area contributed by atoms with Crippen LogP contribution in [-0.2, 0) is 16.0 Å². The highest BCUT2D eigenvalue weighted by molar-refractivity contribution is 7.09. The molecule has 0 unspecified atom stereocenters. The summed E-state index contributed by atoms with van der Waals surface area (Å²) in [7, 11) is 0. The molecule has 0 bridgehead atoms. The van der Waals surface area contributed by atoms with Gasteiger partial charge in [-0.15, -0.1) is 11.3 Å². The monoisotopic (exact) mass is 349 g/mol. The van der Waals surface area contributed by atoms with Crippen molar-refractivity contribution in [3.63, 3.8) is 0 Å². The summed E-state index contributed by atoms with van der Waals surface area (Å²) < 4.78 is 0. The molecule has 1 atom stereocenters. The van der Waals surface area contributed by atoms with E-state index in [0.717, 1.165) is 23.5 Å². The van der Waals surface area contributed by atoms with Crippen molar-refractivity contribution in [2.45, 2.75) is 32.2 Å². The molecule has 0 aliphatic carbocycles. The van der Waals surface area contributed by atoms with Crippen LogP contribution in [0.25, 0.3) is 0 Å². The van der Waals surface area contributed by atoms with Crippen LogP contribution in [0.4, 0.5) is 0 Å². The summed E-state index contributed by atoms with van der Waals surface area (Å²) in [5, 5.41) is 10.1. The van der Waals surface area contributed by atoms with Crippen molar-refractivity contribution >= 4 is 34.5 Å². The van der Waals surface area contributed by atoms with Gasteiger partial charge in [0.15, 0.2) is 0 Å². The summed E-state index contributed by atoms with van der Waals surface area (Å²) >= 11 is 3.21. The average molecular weight is 349 g/mol. The Hall–Kier alpha value is -1.73. The van der Waals surface area contributed by atoms with Gasteiger partial charge in [-0.25, -0.2) is 4.98 Å². The lowest BCUT2D eigenvalue weighted by Gasteiger charge is -2.19. The highest BCUT2D eigenvalue weighted by Crippen LogP contribution is 2.23. The van der Waals surface area contributed by atoms with E-state index in [1.54, 1.807) is 27.6 Å². The van der Waals surface area contributed by atoms with Crippen LogP contribution in [0.15, 0.2) is 22.2 Å². The van der Waals surface area contributed by atoms with Crippen LogP contribution in [0.1, 0.15) is 35.1 Å². The van der Waals surface area contributed by atoms with Gasteiger partial charge >= 0.3 is 0 Å².